The number of ether oxygens (including phenoxy) is 3. The number of pyridine rings is 3. The van der Waals surface area contributed by atoms with Gasteiger partial charge in [-0.1, -0.05) is 172 Å². The summed E-state index contributed by atoms with van der Waals surface area (Å²) in [5.74, 6) is 8.61. The molecular formula is C119H72N14O3S3+6. The van der Waals surface area contributed by atoms with Gasteiger partial charge in [-0.05, 0) is 194 Å². The molecule has 20 heteroatoms. The van der Waals surface area contributed by atoms with E-state index >= 15 is 0 Å². The normalized spacial score (nSPS) is 16.6. The molecule has 139 heavy (non-hydrogen) atoms. The molecular weight excluding hydrogens is 1770 g/mol. The van der Waals surface area contributed by atoms with Crippen molar-refractivity contribution in [3.8, 4) is 103 Å². The van der Waals surface area contributed by atoms with Gasteiger partial charge in [0.05, 0.1) is 39.7 Å². The Balaban J connectivity index is 0.0000000912. The van der Waals surface area contributed by atoms with Crippen molar-refractivity contribution in [3.63, 3.8) is 0 Å². The van der Waals surface area contributed by atoms with E-state index in [9.17, 15) is 0 Å². The largest absolute Gasteiger partial charge is 0.456 e. The summed E-state index contributed by atoms with van der Waals surface area (Å²) in [4.78, 5) is 4.35. The molecule has 0 saturated heterocycles. The van der Waals surface area contributed by atoms with Crippen LogP contribution in [0.2, 0.25) is 0 Å². The van der Waals surface area contributed by atoms with Gasteiger partial charge < -0.3 is 14.2 Å². The number of hydrogen-bond acceptors (Lipinski definition) is 8. The van der Waals surface area contributed by atoms with Crippen LogP contribution in [0.5, 0.6) is 34.5 Å². The van der Waals surface area contributed by atoms with Crippen LogP contribution in [0.1, 0.15) is 56.2 Å². The third-order valence-electron chi connectivity index (χ3n) is 31.6. The Morgan fingerprint density at radius 2 is 0.633 bits per heavy atom. The number of benzene rings is 15. The predicted molar refractivity (Wildman–Crippen MR) is 545 cm³/mol. The molecule has 0 aliphatic carbocycles. The van der Waals surface area contributed by atoms with Crippen molar-refractivity contribution in [2.24, 2.45) is 0 Å². The molecule has 0 saturated carbocycles. The second-order valence-corrected chi connectivity index (χ2v) is 41.2. The summed E-state index contributed by atoms with van der Waals surface area (Å²) in [5, 5.41) is 26.3. The summed E-state index contributed by atoms with van der Waals surface area (Å²) in [6.45, 7) is 8.99. The Kier molecular flexibility index (Phi) is 13.6. The van der Waals surface area contributed by atoms with Crippen LogP contribution in [0, 0.1) is 27.7 Å². The summed E-state index contributed by atoms with van der Waals surface area (Å²) in [5.41, 5.74) is 26.4. The Morgan fingerprint density at radius 1 is 0.273 bits per heavy atom. The smallest absolute Gasteiger partial charge is 0.423 e. The predicted octanol–water partition coefficient (Wildman–Crippen LogP) is 24.7. The van der Waals surface area contributed by atoms with E-state index < -0.39 is 17.0 Å². The average molecular weight is 1840 g/mol. The van der Waals surface area contributed by atoms with Crippen LogP contribution in [0.15, 0.2) is 364 Å². The zero-order chi connectivity index (χ0) is 90.5. The standard InChI is InChI=1S/C41H26N4OS.2C39H23N5OS/c1-23-37(25-17-18-28-27-11-4-6-15-34(27)47-35(28)22-25)24(2)45-41-38-31(44(23)45)13-9-14-32(38)46-33-20-19-29-26-10-3-5-12-30(26)43(40(29)39(33)41)36-16-7-8-21-42(36)41;1-22-37(23-16-17-26-25-10-3-5-14-32(25)46-33(26)21-23)40-44-29-12-8-13-30-35(29)39(43(22)44)36-31(45-30)19-18-27-24-9-2-4-11-28(24)42(38(27)36)34-15-6-7-20-41(34)39;1-22-37(23-16-17-26-25-10-3-5-14-32(25)46-33(26)21-23)40-44-39-35-29(43(22)44)12-8-13-30(35)45-31-19-18-27-24-9-2-4-11-28(24)42(38(27)36(31)39)34-15-6-7-20-41(34)39/h3-22H,1-2H3;2*2-21H,1H3/q3*+2. The van der Waals surface area contributed by atoms with Crippen LogP contribution in [0.4, 0.5) is 0 Å². The molecule has 0 amide bonds. The fraction of sp³-hybridized carbons (Fsp3) is 0.0588. The highest BCUT2D eigenvalue weighted by atomic mass is 32.1. The molecule has 3 atom stereocenters. The lowest BCUT2D eigenvalue weighted by Crippen LogP contribution is -2.77. The minimum Gasteiger partial charge on any atom is -0.456 e. The van der Waals surface area contributed by atoms with E-state index in [1.807, 2.05) is 34.0 Å². The van der Waals surface area contributed by atoms with Gasteiger partial charge in [-0.15, -0.1) is 38.7 Å². The zero-order valence-corrected chi connectivity index (χ0v) is 77.3. The summed E-state index contributed by atoms with van der Waals surface area (Å²) in [6.07, 6.45) is 6.69. The van der Waals surface area contributed by atoms with E-state index in [0.29, 0.717) is 0 Å². The third kappa shape index (κ3) is 8.56. The van der Waals surface area contributed by atoms with Crippen LogP contribution in [-0.2, 0) is 17.0 Å². The lowest BCUT2D eigenvalue weighted by atomic mass is 9.84. The minimum absolute atomic E-state index is 0.686. The molecule has 27 aromatic rings. The average Bonchev–Trinajstić information content (AvgIpc) is 1.48. The molecule has 17 nitrogen and oxygen atoms in total. The molecule has 9 aliphatic rings. The van der Waals surface area contributed by atoms with Gasteiger partial charge in [-0.2, -0.15) is 27.4 Å². The Hall–Kier alpha value is -17.3. The molecule has 3 unspecified atom stereocenters. The van der Waals surface area contributed by atoms with Gasteiger partial charge in [-0.3, -0.25) is 0 Å². The molecule has 0 radical (unpaired) electrons. The van der Waals surface area contributed by atoms with Gasteiger partial charge in [0.15, 0.2) is 44.6 Å². The maximum atomic E-state index is 6.86. The molecule has 9 aliphatic heterocycles. The van der Waals surface area contributed by atoms with Gasteiger partial charge in [-0.25, -0.2) is 0 Å². The van der Waals surface area contributed by atoms with E-state index in [1.54, 1.807) is 0 Å². The van der Waals surface area contributed by atoms with Crippen molar-refractivity contribution in [1.29, 1.82) is 0 Å². The van der Waals surface area contributed by atoms with Gasteiger partial charge in [0.2, 0.25) is 5.69 Å². The molecule has 12 aromatic heterocycles. The Bertz CT molecular complexity index is 10400. The highest BCUT2D eigenvalue weighted by Crippen LogP contribution is 2.61. The Labute approximate surface area is 802 Å². The highest BCUT2D eigenvalue weighted by molar-refractivity contribution is 7.26. The van der Waals surface area contributed by atoms with Crippen molar-refractivity contribution >= 4 is 160 Å². The fourth-order valence-electron chi connectivity index (χ4n) is 26.5. The van der Waals surface area contributed by atoms with Crippen LogP contribution in [0.25, 0.3) is 194 Å². The van der Waals surface area contributed by atoms with Gasteiger partial charge in [0.1, 0.15) is 90.5 Å². The minimum atomic E-state index is -0.787. The first-order valence-corrected chi connectivity index (χ1v) is 49.7. The number of para-hydroxylation sites is 3. The third-order valence-corrected chi connectivity index (χ3v) is 35.0. The molecule has 0 fully saturated rings. The molecule has 36 rings (SSSR count). The quantitative estimate of drug-likeness (QED) is 0.164. The molecule has 15 aromatic carbocycles. The first-order valence-electron chi connectivity index (χ1n) is 47.3. The SMILES string of the molecule is Cc1c(-c2ccc3c(c2)sc2ccccc23)c(C)[n+]2n1-c1cccc3c1C21c2c(ccc4c5ccccc5n(c24)-c2cccc[n+]21)O3.Cc1c(-c2ccc3c(c2)sc2ccccc23)n[n+]2n1-c1cccc3c1C21c2c(ccc4c5ccccc5n(c24)-c2cccc[n+]21)O3.Cc1c(-c2ccc3c(c2)sc2ccccc23)nn2[n+]1C13c4c(cccc4-2)Oc2ccc4c5ccccc5n(c4c21)-c1cccc[n+]13. The van der Waals surface area contributed by atoms with Crippen molar-refractivity contribution in [2.45, 2.75) is 44.7 Å². The van der Waals surface area contributed by atoms with Crippen molar-refractivity contribution in [1.82, 2.24) is 38.1 Å². The second-order valence-electron chi connectivity index (χ2n) is 38.0. The van der Waals surface area contributed by atoms with E-state index in [0.717, 1.165) is 125 Å². The van der Waals surface area contributed by atoms with E-state index in [-0.39, 0.29) is 0 Å². The van der Waals surface area contributed by atoms with Crippen LogP contribution in [0.3, 0.4) is 0 Å². The number of aromatic nitrogens is 14. The van der Waals surface area contributed by atoms with Crippen LogP contribution < -0.4 is 42.1 Å². The first kappa shape index (κ1) is 74.1. The van der Waals surface area contributed by atoms with Crippen LogP contribution in [-0.4, -0.2) is 38.1 Å². The number of rotatable bonds is 3. The molecule has 3 spiro atoms. The number of nitrogens with zero attached hydrogens (tertiary/aromatic N) is 14. The number of fused-ring (bicyclic) bond motifs is 30. The van der Waals surface area contributed by atoms with Gasteiger partial charge in [0, 0.05) is 141 Å². The van der Waals surface area contributed by atoms with Crippen LogP contribution >= 0.6 is 34.0 Å². The maximum Gasteiger partial charge on any atom is 0.423 e. The Morgan fingerprint density at radius 3 is 1.12 bits per heavy atom. The first-order chi connectivity index (χ1) is 68.6. The van der Waals surface area contributed by atoms with E-state index in [2.05, 4.69) is 448 Å². The van der Waals surface area contributed by atoms with Gasteiger partial charge in [0.25, 0.3) is 23.1 Å². The van der Waals surface area contributed by atoms with E-state index in [1.165, 1.54) is 160 Å². The molecule has 0 N–H and O–H groups in total. The topological polar surface area (TPSA) is 106 Å². The van der Waals surface area contributed by atoms with Crippen molar-refractivity contribution < 1.29 is 42.1 Å². The van der Waals surface area contributed by atoms with Crippen molar-refractivity contribution in [3.05, 3.63) is 421 Å². The highest BCUT2D eigenvalue weighted by Gasteiger charge is 2.74. The molecule has 648 valence electrons. The molecule has 0 bridgehead atoms. The summed E-state index contributed by atoms with van der Waals surface area (Å²) in [7, 11) is 0. The number of hydrogen-bond donors (Lipinski definition) is 0. The van der Waals surface area contributed by atoms with E-state index in [4.69, 9.17) is 24.4 Å². The lowest BCUT2D eigenvalue weighted by Gasteiger charge is -2.35. The summed E-state index contributed by atoms with van der Waals surface area (Å²) < 4.78 is 52.6. The van der Waals surface area contributed by atoms with Crippen molar-refractivity contribution in [2.75, 3.05) is 0 Å². The lowest BCUT2D eigenvalue weighted by molar-refractivity contribution is -1.02. The fourth-order valence-corrected chi connectivity index (χ4v) is 29.9. The molecule has 21 heterocycles. The second kappa shape index (κ2) is 25.4. The maximum absolute atomic E-state index is 6.86. The summed E-state index contributed by atoms with van der Waals surface area (Å²) in [6, 6.07) is 125. The zero-order valence-electron chi connectivity index (χ0n) is 74.9. The van der Waals surface area contributed by atoms with Gasteiger partial charge >= 0.3 is 17.0 Å². The summed E-state index contributed by atoms with van der Waals surface area (Å²) >= 11 is 5.56. The number of thiophene rings is 3. The monoisotopic (exact) mass is 1840 g/mol.